The van der Waals surface area contributed by atoms with Crippen LogP contribution in [0.5, 0.6) is 5.75 Å². The number of halogens is 2. The molecule has 3 rings (SSSR count). The zero-order valence-electron chi connectivity index (χ0n) is 11.9. The molecule has 1 heterocycles. The van der Waals surface area contributed by atoms with Gasteiger partial charge in [-0.1, -0.05) is 40.2 Å². The molecule has 1 aliphatic heterocycles. The van der Waals surface area contributed by atoms with Crippen molar-refractivity contribution in [3.63, 3.8) is 0 Å². The molecule has 22 heavy (non-hydrogen) atoms. The predicted octanol–water partition coefficient (Wildman–Crippen LogP) is 3.55. The van der Waals surface area contributed by atoms with Crippen molar-refractivity contribution in [1.82, 2.24) is 4.90 Å². The summed E-state index contributed by atoms with van der Waals surface area (Å²) in [5.74, 6) is -0.517. The normalized spacial score (nSPS) is 13.6. The van der Waals surface area contributed by atoms with Crippen molar-refractivity contribution in [1.29, 1.82) is 0 Å². The van der Waals surface area contributed by atoms with Gasteiger partial charge in [0, 0.05) is 17.6 Å². The summed E-state index contributed by atoms with van der Waals surface area (Å²) in [5.41, 5.74) is 2.45. The van der Waals surface area contributed by atoms with E-state index < -0.39 is 5.82 Å². The molecule has 0 saturated heterocycles. The van der Waals surface area contributed by atoms with Gasteiger partial charge >= 0.3 is 0 Å². The van der Waals surface area contributed by atoms with Gasteiger partial charge in [-0.3, -0.25) is 4.79 Å². The van der Waals surface area contributed by atoms with E-state index in [0.29, 0.717) is 17.6 Å². The molecule has 2 aromatic carbocycles. The Hall–Kier alpha value is -1.88. The number of carbonyl (C=O) groups excluding carboxylic acids is 1. The Balaban J connectivity index is 1.61. The Bertz CT molecular complexity index is 705. The molecule has 0 aliphatic carbocycles. The highest BCUT2D eigenvalue weighted by Crippen LogP contribution is 2.22. The fourth-order valence-corrected chi connectivity index (χ4v) is 2.86. The number of hydrogen-bond donors (Lipinski definition) is 0. The number of ether oxygens (including phenoxy) is 1. The molecule has 1 amide bonds. The van der Waals surface area contributed by atoms with Gasteiger partial charge in [-0.25, -0.2) is 4.39 Å². The smallest absolute Gasteiger partial charge is 0.260 e. The number of amides is 1. The van der Waals surface area contributed by atoms with E-state index in [2.05, 4.69) is 22.0 Å². The molecule has 5 heteroatoms. The van der Waals surface area contributed by atoms with Crippen molar-refractivity contribution in [3.8, 4) is 5.75 Å². The Labute approximate surface area is 136 Å². The van der Waals surface area contributed by atoms with Gasteiger partial charge in [-0.05, 0) is 35.7 Å². The largest absolute Gasteiger partial charge is 0.481 e. The van der Waals surface area contributed by atoms with E-state index in [1.54, 1.807) is 11.0 Å². The molecule has 3 nitrogen and oxygen atoms in total. The van der Waals surface area contributed by atoms with E-state index in [0.717, 1.165) is 12.0 Å². The Morgan fingerprint density at radius 3 is 2.77 bits per heavy atom. The number of hydrogen-bond acceptors (Lipinski definition) is 2. The molecular formula is C17H15BrFNO2. The maximum atomic E-state index is 13.7. The summed E-state index contributed by atoms with van der Waals surface area (Å²) >= 11 is 3.18. The number of fused-ring (bicyclic) bond motifs is 1. The molecule has 0 atom stereocenters. The number of nitrogens with zero attached hydrogens (tertiary/aromatic N) is 1. The highest BCUT2D eigenvalue weighted by molar-refractivity contribution is 9.10. The molecule has 0 radical (unpaired) electrons. The van der Waals surface area contributed by atoms with Crippen LogP contribution in [0.15, 0.2) is 46.9 Å². The molecule has 0 saturated carbocycles. The molecule has 0 bridgehead atoms. The van der Waals surface area contributed by atoms with Crippen LogP contribution in [0.4, 0.5) is 4.39 Å². The second-order valence-corrected chi connectivity index (χ2v) is 6.11. The van der Waals surface area contributed by atoms with Crippen molar-refractivity contribution in [2.24, 2.45) is 0 Å². The summed E-state index contributed by atoms with van der Waals surface area (Å²) in [5, 5.41) is 0. The second kappa shape index (κ2) is 6.48. The van der Waals surface area contributed by atoms with E-state index >= 15 is 0 Å². The standard InChI is InChI=1S/C17H15BrFNO2/c18-14-5-6-16(15(19)9-14)22-11-17(21)20-8-7-12-3-1-2-4-13(12)10-20/h1-6,9H,7-8,10-11H2. The van der Waals surface area contributed by atoms with Gasteiger partial charge in [0.05, 0.1) is 0 Å². The second-order valence-electron chi connectivity index (χ2n) is 5.20. The minimum Gasteiger partial charge on any atom is -0.481 e. The molecule has 0 aromatic heterocycles. The van der Waals surface area contributed by atoms with Crippen LogP contribution < -0.4 is 4.74 Å². The third-order valence-corrected chi connectivity index (χ3v) is 4.22. The lowest BCUT2D eigenvalue weighted by Crippen LogP contribution is -2.38. The zero-order valence-corrected chi connectivity index (χ0v) is 13.5. The molecule has 2 aromatic rings. The van der Waals surface area contributed by atoms with Gasteiger partial charge in [0.25, 0.3) is 5.91 Å². The first-order valence-electron chi connectivity index (χ1n) is 7.06. The van der Waals surface area contributed by atoms with Crippen LogP contribution >= 0.6 is 15.9 Å². The van der Waals surface area contributed by atoms with E-state index in [9.17, 15) is 9.18 Å². The zero-order chi connectivity index (χ0) is 15.5. The van der Waals surface area contributed by atoms with Gasteiger partial charge < -0.3 is 9.64 Å². The van der Waals surface area contributed by atoms with Crippen molar-refractivity contribution in [2.45, 2.75) is 13.0 Å². The van der Waals surface area contributed by atoms with E-state index in [1.165, 1.54) is 17.7 Å². The van der Waals surface area contributed by atoms with Crippen LogP contribution in [-0.4, -0.2) is 24.0 Å². The molecule has 0 unspecified atom stereocenters. The molecule has 0 spiro atoms. The van der Waals surface area contributed by atoms with Crippen LogP contribution in [0.1, 0.15) is 11.1 Å². The number of carbonyl (C=O) groups is 1. The third-order valence-electron chi connectivity index (χ3n) is 3.73. The molecule has 0 N–H and O–H groups in total. The average Bonchev–Trinajstić information content (AvgIpc) is 2.53. The monoisotopic (exact) mass is 363 g/mol. The molecule has 0 fully saturated rings. The lowest BCUT2D eigenvalue weighted by atomic mass is 10.00. The fourth-order valence-electron chi connectivity index (χ4n) is 2.53. The summed E-state index contributed by atoms with van der Waals surface area (Å²) < 4.78 is 19.6. The summed E-state index contributed by atoms with van der Waals surface area (Å²) in [6.45, 7) is 1.10. The van der Waals surface area contributed by atoms with Gasteiger partial charge in [-0.15, -0.1) is 0 Å². The first kappa shape index (κ1) is 15.0. The number of rotatable bonds is 3. The van der Waals surface area contributed by atoms with Crippen molar-refractivity contribution >= 4 is 21.8 Å². The predicted molar refractivity (Wildman–Crippen MR) is 85.2 cm³/mol. The maximum Gasteiger partial charge on any atom is 0.260 e. The third kappa shape index (κ3) is 3.30. The van der Waals surface area contributed by atoms with Gasteiger partial charge in [0.2, 0.25) is 0 Å². The first-order valence-corrected chi connectivity index (χ1v) is 7.85. The highest BCUT2D eigenvalue weighted by atomic mass is 79.9. The van der Waals surface area contributed by atoms with Crippen LogP contribution in [0, 0.1) is 5.82 Å². The van der Waals surface area contributed by atoms with Crippen LogP contribution in [0.2, 0.25) is 0 Å². The Morgan fingerprint density at radius 1 is 1.23 bits per heavy atom. The van der Waals surface area contributed by atoms with Crippen LogP contribution in [-0.2, 0) is 17.8 Å². The summed E-state index contributed by atoms with van der Waals surface area (Å²) in [6.07, 6.45) is 0.842. The van der Waals surface area contributed by atoms with Gasteiger partial charge in [0.1, 0.15) is 0 Å². The summed E-state index contributed by atoms with van der Waals surface area (Å²) in [6, 6.07) is 12.6. The van der Waals surface area contributed by atoms with E-state index in [4.69, 9.17) is 4.74 Å². The van der Waals surface area contributed by atoms with Crippen molar-refractivity contribution in [2.75, 3.05) is 13.2 Å². The highest BCUT2D eigenvalue weighted by Gasteiger charge is 2.20. The first-order chi connectivity index (χ1) is 10.6. The average molecular weight is 364 g/mol. The molecule has 114 valence electrons. The lowest BCUT2D eigenvalue weighted by Gasteiger charge is -2.28. The minimum absolute atomic E-state index is 0.0916. The van der Waals surface area contributed by atoms with Gasteiger partial charge in [-0.2, -0.15) is 0 Å². The van der Waals surface area contributed by atoms with E-state index in [-0.39, 0.29) is 18.3 Å². The molecule has 1 aliphatic rings. The molecular weight excluding hydrogens is 349 g/mol. The van der Waals surface area contributed by atoms with Crippen LogP contribution in [0.25, 0.3) is 0 Å². The minimum atomic E-state index is -0.480. The van der Waals surface area contributed by atoms with Crippen LogP contribution in [0.3, 0.4) is 0 Å². The fraction of sp³-hybridized carbons (Fsp3) is 0.235. The Kier molecular flexibility index (Phi) is 4.43. The summed E-state index contributed by atoms with van der Waals surface area (Å²) in [4.78, 5) is 14.0. The lowest BCUT2D eigenvalue weighted by molar-refractivity contribution is -0.134. The summed E-state index contributed by atoms with van der Waals surface area (Å²) in [7, 11) is 0. The van der Waals surface area contributed by atoms with E-state index in [1.807, 2.05) is 18.2 Å². The van der Waals surface area contributed by atoms with Gasteiger partial charge in [0.15, 0.2) is 18.2 Å². The quantitative estimate of drug-likeness (QED) is 0.834. The topological polar surface area (TPSA) is 29.5 Å². The SMILES string of the molecule is O=C(COc1ccc(Br)cc1F)N1CCc2ccccc2C1. The van der Waals surface area contributed by atoms with Crippen molar-refractivity contribution < 1.29 is 13.9 Å². The Morgan fingerprint density at radius 2 is 2.00 bits per heavy atom. The number of benzene rings is 2. The van der Waals surface area contributed by atoms with Crippen molar-refractivity contribution in [3.05, 3.63) is 63.9 Å². The maximum absolute atomic E-state index is 13.7.